The fraction of sp³-hybridized carbons (Fsp3) is 0.929. The van der Waals surface area contributed by atoms with Crippen molar-refractivity contribution in [3.05, 3.63) is 0 Å². The van der Waals surface area contributed by atoms with E-state index >= 15 is 0 Å². The Balaban J connectivity index is 4.31. The lowest BCUT2D eigenvalue weighted by atomic mass is 10.0. The van der Waals surface area contributed by atoms with Gasteiger partial charge in [0.05, 0.1) is 13.2 Å². The highest BCUT2D eigenvalue weighted by Gasteiger charge is 2.28. The van der Waals surface area contributed by atoms with Crippen molar-refractivity contribution in [3.63, 3.8) is 0 Å². The van der Waals surface area contributed by atoms with Gasteiger partial charge in [-0.1, -0.05) is 194 Å². The first-order chi connectivity index (χ1) is 26.1. The molecule has 11 nitrogen and oxygen atoms in total. The molecule has 0 heterocycles. The van der Waals surface area contributed by atoms with E-state index < -0.39 is 51.1 Å². The number of ether oxygens (including phenoxy) is 2. The van der Waals surface area contributed by atoms with Crippen molar-refractivity contribution >= 4 is 25.7 Å². The molecule has 12 heteroatoms. The zero-order valence-electron chi connectivity index (χ0n) is 34.6. The van der Waals surface area contributed by atoms with Crippen LogP contribution in [0.25, 0.3) is 0 Å². The van der Waals surface area contributed by atoms with Crippen molar-refractivity contribution in [2.45, 2.75) is 231 Å². The van der Waals surface area contributed by atoms with Gasteiger partial charge in [0.1, 0.15) is 12.6 Å². The Labute approximate surface area is 329 Å². The quantitative estimate of drug-likeness (QED) is 0.0305. The zero-order chi connectivity index (χ0) is 40.0. The molecule has 320 valence electrons. The Hall–Kier alpha value is -1.52. The predicted molar refractivity (Wildman–Crippen MR) is 217 cm³/mol. The van der Waals surface area contributed by atoms with Crippen molar-refractivity contribution in [2.24, 2.45) is 5.73 Å². The Morgan fingerprint density at radius 2 is 0.815 bits per heavy atom. The normalized spacial score (nSPS) is 13.7. The predicted octanol–water partition coefficient (Wildman–Crippen LogP) is 11.5. The topological polar surface area (TPSA) is 172 Å². The first kappa shape index (κ1) is 52.5. The number of carbonyl (C=O) groups excluding carboxylic acids is 2. The van der Waals surface area contributed by atoms with E-state index in [1.54, 1.807) is 0 Å². The van der Waals surface area contributed by atoms with E-state index in [-0.39, 0.29) is 19.4 Å². The molecule has 3 atom stereocenters. The third-order valence-corrected chi connectivity index (χ3v) is 10.8. The highest BCUT2D eigenvalue weighted by molar-refractivity contribution is 7.47. The highest BCUT2D eigenvalue weighted by atomic mass is 31.2. The molecule has 0 aromatic rings. The van der Waals surface area contributed by atoms with Crippen molar-refractivity contribution in [3.8, 4) is 0 Å². The van der Waals surface area contributed by atoms with E-state index in [0.29, 0.717) is 12.8 Å². The molecule has 54 heavy (non-hydrogen) atoms. The highest BCUT2D eigenvalue weighted by Crippen LogP contribution is 2.43. The molecule has 0 radical (unpaired) electrons. The van der Waals surface area contributed by atoms with Crippen LogP contribution in [0, 0.1) is 0 Å². The van der Waals surface area contributed by atoms with Gasteiger partial charge in [0.2, 0.25) is 0 Å². The fourth-order valence-corrected chi connectivity index (χ4v) is 7.14. The number of carbonyl (C=O) groups is 3. The molecule has 0 bridgehead atoms. The van der Waals surface area contributed by atoms with Gasteiger partial charge in [-0.2, -0.15) is 0 Å². The number of phosphoric acid groups is 1. The molecule has 0 amide bonds. The Morgan fingerprint density at radius 3 is 1.17 bits per heavy atom. The zero-order valence-corrected chi connectivity index (χ0v) is 35.5. The molecule has 0 rings (SSSR count). The molecule has 0 aliphatic heterocycles. The minimum absolute atomic E-state index is 0.169. The number of nitrogens with two attached hydrogens (primary N) is 1. The maximum absolute atomic E-state index is 12.6. The molecule has 0 saturated carbocycles. The summed E-state index contributed by atoms with van der Waals surface area (Å²) in [6.07, 6.45) is 35.9. The average Bonchev–Trinajstić information content (AvgIpc) is 3.14. The van der Waals surface area contributed by atoms with Crippen LogP contribution in [0.3, 0.4) is 0 Å². The Morgan fingerprint density at radius 1 is 0.500 bits per heavy atom. The van der Waals surface area contributed by atoms with Gasteiger partial charge in [-0.25, -0.2) is 4.57 Å². The van der Waals surface area contributed by atoms with Crippen LogP contribution in [0.4, 0.5) is 0 Å². The van der Waals surface area contributed by atoms with Crippen LogP contribution in [-0.4, -0.2) is 59.9 Å². The summed E-state index contributed by atoms with van der Waals surface area (Å²) >= 11 is 0. The van der Waals surface area contributed by atoms with E-state index in [0.717, 1.165) is 38.5 Å². The Bertz CT molecular complexity index is 937. The first-order valence-electron chi connectivity index (χ1n) is 22.1. The number of hydrogen-bond donors (Lipinski definition) is 3. The number of aliphatic carboxylic acids is 1. The van der Waals surface area contributed by atoms with Crippen molar-refractivity contribution in [2.75, 3.05) is 19.8 Å². The molecule has 0 aliphatic carbocycles. The van der Waals surface area contributed by atoms with Crippen LogP contribution in [0.5, 0.6) is 0 Å². The second kappa shape index (κ2) is 38.4. The van der Waals surface area contributed by atoms with Gasteiger partial charge in [-0.05, 0) is 12.8 Å². The number of carboxylic acid groups (broad SMARTS) is 1. The molecule has 0 spiro atoms. The minimum atomic E-state index is -4.71. The number of esters is 2. The first-order valence-corrected chi connectivity index (χ1v) is 23.6. The van der Waals surface area contributed by atoms with Gasteiger partial charge in [0.25, 0.3) is 0 Å². The van der Waals surface area contributed by atoms with Crippen LogP contribution in [-0.2, 0) is 37.5 Å². The molecule has 4 N–H and O–H groups in total. The summed E-state index contributed by atoms with van der Waals surface area (Å²) in [6, 6.07) is -1.52. The summed E-state index contributed by atoms with van der Waals surface area (Å²) in [5.74, 6) is -2.36. The van der Waals surface area contributed by atoms with Gasteiger partial charge in [0, 0.05) is 12.8 Å². The van der Waals surface area contributed by atoms with Gasteiger partial charge in [-0.3, -0.25) is 23.4 Å². The molecular weight excluding hydrogens is 709 g/mol. The number of unbranched alkanes of at least 4 members (excludes halogenated alkanes) is 28. The molecule has 0 fully saturated rings. The summed E-state index contributed by atoms with van der Waals surface area (Å²) in [4.78, 5) is 45.9. The van der Waals surface area contributed by atoms with Gasteiger partial charge >= 0.3 is 25.7 Å². The van der Waals surface area contributed by atoms with Gasteiger partial charge in [-0.15, -0.1) is 0 Å². The van der Waals surface area contributed by atoms with Crippen LogP contribution >= 0.6 is 7.82 Å². The summed E-state index contributed by atoms with van der Waals surface area (Å²) in [7, 11) is -4.71. The lowest BCUT2D eigenvalue weighted by Crippen LogP contribution is -2.34. The summed E-state index contributed by atoms with van der Waals surface area (Å²) in [5, 5.41) is 8.88. The van der Waals surface area contributed by atoms with Crippen LogP contribution in [0.2, 0.25) is 0 Å². The standard InChI is InChI=1S/C42H82NO10P/c1-3-5-7-9-11-13-15-17-19-21-23-25-27-29-31-33-40(44)50-35-38(36-51-54(48,49)52-37-39(43)42(46)47)53-41(45)34-32-30-28-26-24-22-20-18-16-14-12-10-8-6-4-2/h38-39H,3-37,43H2,1-2H3,(H,46,47)(H,48,49)/t38-,39-/m1/s1. The SMILES string of the molecule is CCCCCCCCCCCCCCCCCC(=O)OC[C@H](COP(=O)(O)OC[C@@H](N)C(=O)O)OC(=O)CCCCCCCCCCCCCCCCC. The lowest BCUT2D eigenvalue weighted by Gasteiger charge is -2.20. The second-order valence-electron chi connectivity index (χ2n) is 15.2. The molecule has 0 saturated heterocycles. The molecule has 0 aromatic heterocycles. The third-order valence-electron chi connectivity index (χ3n) is 9.86. The van der Waals surface area contributed by atoms with Crippen LogP contribution in [0.15, 0.2) is 0 Å². The van der Waals surface area contributed by atoms with E-state index in [2.05, 4.69) is 18.4 Å². The van der Waals surface area contributed by atoms with Gasteiger partial charge < -0.3 is 25.2 Å². The van der Waals surface area contributed by atoms with E-state index in [4.69, 9.17) is 24.8 Å². The van der Waals surface area contributed by atoms with Gasteiger partial charge in [0.15, 0.2) is 6.10 Å². The molecule has 0 aromatic carbocycles. The van der Waals surface area contributed by atoms with E-state index in [1.807, 2.05) is 0 Å². The van der Waals surface area contributed by atoms with Crippen molar-refractivity contribution in [1.29, 1.82) is 0 Å². The number of carboxylic acids is 1. The largest absolute Gasteiger partial charge is 0.480 e. The summed E-state index contributed by atoms with van der Waals surface area (Å²) in [6.45, 7) is 2.83. The maximum atomic E-state index is 12.6. The average molecular weight is 792 g/mol. The summed E-state index contributed by atoms with van der Waals surface area (Å²) < 4.78 is 32.7. The lowest BCUT2D eigenvalue weighted by molar-refractivity contribution is -0.161. The van der Waals surface area contributed by atoms with Crippen LogP contribution < -0.4 is 5.73 Å². The number of phosphoric ester groups is 1. The monoisotopic (exact) mass is 792 g/mol. The van der Waals surface area contributed by atoms with Crippen molar-refractivity contribution in [1.82, 2.24) is 0 Å². The fourth-order valence-electron chi connectivity index (χ4n) is 6.36. The smallest absolute Gasteiger partial charge is 0.472 e. The van der Waals surface area contributed by atoms with E-state index in [9.17, 15) is 23.8 Å². The number of hydrogen-bond acceptors (Lipinski definition) is 9. The van der Waals surface area contributed by atoms with E-state index in [1.165, 1.54) is 141 Å². The molecular formula is C42H82NO10P. The van der Waals surface area contributed by atoms with Crippen molar-refractivity contribution < 1.29 is 47.5 Å². The maximum Gasteiger partial charge on any atom is 0.472 e. The molecule has 0 aliphatic rings. The third kappa shape index (κ3) is 37.4. The number of rotatable bonds is 42. The minimum Gasteiger partial charge on any atom is -0.480 e. The van der Waals surface area contributed by atoms with Crippen LogP contribution in [0.1, 0.15) is 219 Å². The second-order valence-corrected chi connectivity index (χ2v) is 16.7. The summed E-state index contributed by atoms with van der Waals surface area (Å²) in [5.41, 5.74) is 5.33. The molecule has 1 unspecified atom stereocenters. The Kier molecular flexibility index (Phi) is 37.3.